The first-order valence-electron chi connectivity index (χ1n) is 8.17. The number of rotatable bonds is 6. The van der Waals surface area contributed by atoms with E-state index in [4.69, 9.17) is 4.74 Å². The standard InChI is InChI=1S/C16H24N4O2/c21-14-5-3-13-4-6-15(19-16(13)18-14)22-12-2-1-9-20-10-7-17-8-11-20/h4,6,17H,1-3,5,7-12H2,(H,18,19,21). The average molecular weight is 304 g/mol. The van der Waals surface area contributed by atoms with E-state index in [1.165, 1.54) is 0 Å². The van der Waals surface area contributed by atoms with Crippen LogP contribution in [0.3, 0.4) is 0 Å². The highest BCUT2D eigenvalue weighted by Gasteiger charge is 2.16. The smallest absolute Gasteiger partial charge is 0.225 e. The van der Waals surface area contributed by atoms with Crippen LogP contribution in [-0.2, 0) is 11.2 Å². The SMILES string of the molecule is O=C1CCc2ccc(OCCCCN3CCNCC3)nc2N1. The highest BCUT2D eigenvalue weighted by atomic mass is 16.5. The molecule has 22 heavy (non-hydrogen) atoms. The Morgan fingerprint density at radius 1 is 1.18 bits per heavy atom. The summed E-state index contributed by atoms with van der Waals surface area (Å²) in [7, 11) is 0. The predicted molar refractivity (Wildman–Crippen MR) is 85.2 cm³/mol. The molecule has 0 aromatic carbocycles. The molecular weight excluding hydrogens is 280 g/mol. The van der Waals surface area contributed by atoms with Crippen LogP contribution in [0, 0.1) is 0 Å². The van der Waals surface area contributed by atoms with Gasteiger partial charge in [0.2, 0.25) is 11.8 Å². The van der Waals surface area contributed by atoms with Crippen molar-refractivity contribution in [3.05, 3.63) is 17.7 Å². The number of nitrogens with one attached hydrogen (secondary N) is 2. The molecule has 3 heterocycles. The normalized spacial score (nSPS) is 18.6. The lowest BCUT2D eigenvalue weighted by molar-refractivity contribution is -0.116. The molecule has 120 valence electrons. The molecule has 1 amide bonds. The molecule has 1 aromatic rings. The third-order valence-corrected chi connectivity index (χ3v) is 4.16. The number of unbranched alkanes of at least 4 members (excludes halogenated alkanes) is 1. The zero-order valence-corrected chi connectivity index (χ0v) is 12.9. The number of anilines is 1. The number of aryl methyl sites for hydroxylation is 1. The summed E-state index contributed by atoms with van der Waals surface area (Å²) >= 11 is 0. The van der Waals surface area contributed by atoms with Gasteiger partial charge in [-0.1, -0.05) is 0 Å². The van der Waals surface area contributed by atoms with Gasteiger partial charge in [0, 0.05) is 38.7 Å². The molecule has 3 rings (SSSR count). The van der Waals surface area contributed by atoms with Gasteiger partial charge < -0.3 is 20.3 Å². The number of amides is 1. The van der Waals surface area contributed by atoms with Crippen molar-refractivity contribution in [2.75, 3.05) is 44.6 Å². The fourth-order valence-electron chi connectivity index (χ4n) is 2.85. The fourth-order valence-corrected chi connectivity index (χ4v) is 2.85. The topological polar surface area (TPSA) is 66.5 Å². The molecule has 6 heteroatoms. The van der Waals surface area contributed by atoms with Crippen LogP contribution in [-0.4, -0.2) is 55.1 Å². The van der Waals surface area contributed by atoms with Gasteiger partial charge in [0.25, 0.3) is 0 Å². The Kier molecular flexibility index (Phi) is 5.24. The van der Waals surface area contributed by atoms with Crippen LogP contribution >= 0.6 is 0 Å². The lowest BCUT2D eigenvalue weighted by Gasteiger charge is -2.26. The number of nitrogens with zero attached hydrogens (tertiary/aromatic N) is 2. The second-order valence-corrected chi connectivity index (χ2v) is 5.85. The molecule has 1 aromatic heterocycles. The maximum absolute atomic E-state index is 11.4. The number of carbonyl (C=O) groups is 1. The van der Waals surface area contributed by atoms with Crippen LogP contribution in [0.25, 0.3) is 0 Å². The lowest BCUT2D eigenvalue weighted by Crippen LogP contribution is -2.43. The van der Waals surface area contributed by atoms with E-state index in [2.05, 4.69) is 20.5 Å². The molecule has 0 unspecified atom stereocenters. The van der Waals surface area contributed by atoms with Crippen LogP contribution < -0.4 is 15.4 Å². The zero-order valence-electron chi connectivity index (χ0n) is 12.9. The molecule has 6 nitrogen and oxygen atoms in total. The van der Waals surface area contributed by atoms with E-state index in [0.29, 0.717) is 24.7 Å². The van der Waals surface area contributed by atoms with Gasteiger partial charge in [-0.2, -0.15) is 4.98 Å². The summed E-state index contributed by atoms with van der Waals surface area (Å²) < 4.78 is 5.70. The molecule has 1 saturated heterocycles. The molecule has 0 spiro atoms. The highest BCUT2D eigenvalue weighted by molar-refractivity contribution is 5.92. The molecule has 0 bridgehead atoms. The molecule has 2 aliphatic heterocycles. The molecule has 0 saturated carbocycles. The van der Waals surface area contributed by atoms with Gasteiger partial charge in [0.05, 0.1) is 6.61 Å². The van der Waals surface area contributed by atoms with E-state index in [9.17, 15) is 4.79 Å². The number of carbonyl (C=O) groups excluding carboxylic acids is 1. The van der Waals surface area contributed by atoms with Crippen molar-refractivity contribution in [3.63, 3.8) is 0 Å². The Morgan fingerprint density at radius 3 is 2.91 bits per heavy atom. The number of hydrogen-bond acceptors (Lipinski definition) is 5. The summed E-state index contributed by atoms with van der Waals surface area (Å²) in [5.74, 6) is 1.30. The molecule has 0 radical (unpaired) electrons. The number of aromatic nitrogens is 1. The minimum absolute atomic E-state index is 0.0353. The Labute approximate surface area is 131 Å². The summed E-state index contributed by atoms with van der Waals surface area (Å²) in [6, 6.07) is 3.89. The molecule has 0 atom stereocenters. The predicted octanol–water partition coefficient (Wildman–Crippen LogP) is 1.03. The molecule has 2 aliphatic rings. The van der Waals surface area contributed by atoms with Crippen LogP contribution in [0.1, 0.15) is 24.8 Å². The van der Waals surface area contributed by atoms with Gasteiger partial charge in [-0.25, -0.2) is 0 Å². The van der Waals surface area contributed by atoms with Crippen LogP contribution in [0.5, 0.6) is 5.88 Å². The molecule has 1 fully saturated rings. The highest BCUT2D eigenvalue weighted by Crippen LogP contribution is 2.23. The van der Waals surface area contributed by atoms with Crippen molar-refractivity contribution in [1.82, 2.24) is 15.2 Å². The van der Waals surface area contributed by atoms with Crippen molar-refractivity contribution < 1.29 is 9.53 Å². The van der Waals surface area contributed by atoms with Crippen molar-refractivity contribution >= 4 is 11.7 Å². The quantitative estimate of drug-likeness (QED) is 0.769. The minimum atomic E-state index is 0.0353. The molecule has 0 aliphatic carbocycles. The van der Waals surface area contributed by atoms with Crippen molar-refractivity contribution in [2.45, 2.75) is 25.7 Å². The second-order valence-electron chi connectivity index (χ2n) is 5.85. The average Bonchev–Trinajstić information content (AvgIpc) is 2.55. The largest absolute Gasteiger partial charge is 0.478 e. The van der Waals surface area contributed by atoms with Gasteiger partial charge >= 0.3 is 0 Å². The van der Waals surface area contributed by atoms with Gasteiger partial charge in [-0.3, -0.25) is 4.79 Å². The first kappa shape index (κ1) is 15.2. The van der Waals surface area contributed by atoms with E-state index in [1.807, 2.05) is 12.1 Å². The third-order valence-electron chi connectivity index (χ3n) is 4.16. The number of pyridine rings is 1. The van der Waals surface area contributed by atoms with E-state index in [-0.39, 0.29) is 5.91 Å². The first-order chi connectivity index (χ1) is 10.8. The van der Waals surface area contributed by atoms with Gasteiger partial charge in [-0.05, 0) is 37.4 Å². The van der Waals surface area contributed by atoms with E-state index < -0.39 is 0 Å². The summed E-state index contributed by atoms with van der Waals surface area (Å²) in [5.41, 5.74) is 1.09. The second kappa shape index (κ2) is 7.56. The van der Waals surface area contributed by atoms with E-state index in [0.717, 1.165) is 57.5 Å². The minimum Gasteiger partial charge on any atom is -0.478 e. The Balaban J connectivity index is 1.38. The Bertz CT molecular complexity index is 515. The zero-order chi connectivity index (χ0) is 15.2. The number of ether oxygens (including phenoxy) is 1. The number of hydrogen-bond donors (Lipinski definition) is 2. The van der Waals surface area contributed by atoms with Crippen LogP contribution in [0.4, 0.5) is 5.82 Å². The first-order valence-corrected chi connectivity index (χ1v) is 8.17. The summed E-state index contributed by atoms with van der Waals surface area (Å²) in [4.78, 5) is 18.3. The van der Waals surface area contributed by atoms with Crippen LogP contribution in [0.15, 0.2) is 12.1 Å². The number of fused-ring (bicyclic) bond motifs is 1. The van der Waals surface area contributed by atoms with E-state index in [1.54, 1.807) is 0 Å². The Morgan fingerprint density at radius 2 is 2.05 bits per heavy atom. The van der Waals surface area contributed by atoms with E-state index >= 15 is 0 Å². The van der Waals surface area contributed by atoms with Crippen molar-refractivity contribution in [1.29, 1.82) is 0 Å². The van der Waals surface area contributed by atoms with Gasteiger partial charge in [-0.15, -0.1) is 0 Å². The van der Waals surface area contributed by atoms with Crippen molar-refractivity contribution in [2.24, 2.45) is 0 Å². The summed E-state index contributed by atoms with van der Waals surface area (Å²) in [5, 5.41) is 6.16. The Hall–Kier alpha value is -1.66. The van der Waals surface area contributed by atoms with Crippen molar-refractivity contribution in [3.8, 4) is 5.88 Å². The van der Waals surface area contributed by atoms with Gasteiger partial charge in [0.1, 0.15) is 5.82 Å². The fraction of sp³-hybridized carbons (Fsp3) is 0.625. The molecular formula is C16H24N4O2. The molecule has 2 N–H and O–H groups in total. The van der Waals surface area contributed by atoms with Crippen LogP contribution in [0.2, 0.25) is 0 Å². The maximum atomic E-state index is 11.4. The monoisotopic (exact) mass is 304 g/mol. The third kappa shape index (κ3) is 4.18. The van der Waals surface area contributed by atoms with Gasteiger partial charge in [0.15, 0.2) is 0 Å². The number of piperazine rings is 1. The summed E-state index contributed by atoms with van der Waals surface area (Å²) in [6.07, 6.45) is 3.47. The lowest BCUT2D eigenvalue weighted by atomic mass is 10.1. The summed E-state index contributed by atoms with van der Waals surface area (Å²) in [6.45, 7) is 6.30. The maximum Gasteiger partial charge on any atom is 0.225 e.